The Kier molecular flexibility index (Phi) is 7.78. The van der Waals surface area contributed by atoms with Crippen molar-refractivity contribution in [2.24, 2.45) is 0 Å². The Morgan fingerprint density at radius 2 is 2.04 bits per heavy atom. The Labute approximate surface area is 158 Å². The number of carbonyl (C=O) groups is 2. The third kappa shape index (κ3) is 5.95. The second-order valence-electron chi connectivity index (χ2n) is 5.96. The van der Waals surface area contributed by atoms with Crippen molar-refractivity contribution in [2.45, 2.75) is 38.6 Å². The number of rotatable bonds is 8. The highest BCUT2D eigenvalue weighted by molar-refractivity contribution is 6.32. The molecule has 1 amide bonds. The maximum absolute atomic E-state index is 11.8. The first-order valence-corrected chi connectivity index (χ1v) is 9.05. The van der Waals surface area contributed by atoms with E-state index >= 15 is 0 Å². The average Bonchev–Trinajstić information content (AvgIpc) is 3.11. The minimum Gasteiger partial charge on any atom is -0.491 e. The number of esters is 1. The van der Waals surface area contributed by atoms with E-state index in [9.17, 15) is 9.59 Å². The molecule has 7 heteroatoms. The smallest absolute Gasteiger partial charge is 0.331 e. The molecule has 0 aliphatic heterocycles. The first-order valence-electron chi connectivity index (χ1n) is 8.68. The Bertz CT molecular complexity index is 668. The van der Waals surface area contributed by atoms with Crippen molar-refractivity contribution in [2.75, 3.05) is 20.3 Å². The van der Waals surface area contributed by atoms with Crippen LogP contribution in [0.1, 0.15) is 38.2 Å². The van der Waals surface area contributed by atoms with Crippen LogP contribution in [0.5, 0.6) is 11.5 Å². The standard InChI is InChI=1S/C19H24ClNO5/c1-3-25-16-11-13(10-15(20)19(16)24-2)8-9-18(23)26-12-17(22)21-14-6-4-5-7-14/h8-11,14H,3-7,12H2,1-2H3,(H,21,22)/b9-8+. The van der Waals surface area contributed by atoms with Gasteiger partial charge in [0.15, 0.2) is 18.1 Å². The number of methoxy groups -OCH3 is 1. The molecule has 0 unspecified atom stereocenters. The Balaban J connectivity index is 1.89. The summed E-state index contributed by atoms with van der Waals surface area (Å²) in [5.74, 6) is 0.0598. The van der Waals surface area contributed by atoms with Crippen LogP contribution in [-0.2, 0) is 14.3 Å². The van der Waals surface area contributed by atoms with Crippen LogP contribution in [-0.4, -0.2) is 38.2 Å². The van der Waals surface area contributed by atoms with Gasteiger partial charge in [0.25, 0.3) is 5.91 Å². The Morgan fingerprint density at radius 3 is 2.69 bits per heavy atom. The molecule has 1 aromatic carbocycles. The lowest BCUT2D eigenvalue weighted by molar-refractivity contribution is -0.144. The molecule has 0 saturated heterocycles. The molecule has 6 nitrogen and oxygen atoms in total. The molecule has 1 aromatic rings. The summed E-state index contributed by atoms with van der Waals surface area (Å²) in [7, 11) is 1.51. The average molecular weight is 382 g/mol. The molecule has 1 N–H and O–H groups in total. The first-order chi connectivity index (χ1) is 12.5. The van der Waals surface area contributed by atoms with Gasteiger partial charge in [-0.15, -0.1) is 0 Å². The van der Waals surface area contributed by atoms with E-state index in [1.165, 1.54) is 13.2 Å². The molecule has 0 aromatic heterocycles. The number of hydrogen-bond acceptors (Lipinski definition) is 5. The van der Waals surface area contributed by atoms with Gasteiger partial charge >= 0.3 is 5.97 Å². The molecule has 1 aliphatic rings. The number of amides is 1. The molecule has 0 radical (unpaired) electrons. The summed E-state index contributed by atoms with van der Waals surface area (Å²) >= 11 is 6.16. The van der Waals surface area contributed by atoms with Gasteiger partial charge in [-0.3, -0.25) is 4.79 Å². The molecule has 142 valence electrons. The number of ether oxygens (including phenoxy) is 3. The first kappa shape index (κ1) is 20.1. The van der Waals surface area contributed by atoms with Gasteiger partial charge in [-0.2, -0.15) is 0 Å². The van der Waals surface area contributed by atoms with E-state index < -0.39 is 5.97 Å². The topological polar surface area (TPSA) is 73.9 Å². The van der Waals surface area contributed by atoms with Crippen LogP contribution < -0.4 is 14.8 Å². The van der Waals surface area contributed by atoms with Crippen LogP contribution in [0.15, 0.2) is 18.2 Å². The second-order valence-corrected chi connectivity index (χ2v) is 6.36. The zero-order valence-corrected chi connectivity index (χ0v) is 15.8. The fourth-order valence-electron chi connectivity index (χ4n) is 2.83. The molecule has 2 rings (SSSR count). The monoisotopic (exact) mass is 381 g/mol. The minimum absolute atomic E-state index is 0.204. The van der Waals surface area contributed by atoms with Crippen LogP contribution in [0.3, 0.4) is 0 Å². The highest BCUT2D eigenvalue weighted by atomic mass is 35.5. The number of carbonyl (C=O) groups excluding carboxylic acids is 2. The molecular formula is C19H24ClNO5. The second kappa shape index (κ2) is 10.1. The van der Waals surface area contributed by atoms with Crippen molar-refractivity contribution in [1.29, 1.82) is 0 Å². The maximum Gasteiger partial charge on any atom is 0.331 e. The highest BCUT2D eigenvalue weighted by Gasteiger charge is 2.17. The maximum atomic E-state index is 11.8. The summed E-state index contributed by atoms with van der Waals surface area (Å²) in [6.45, 7) is 2.02. The van der Waals surface area contributed by atoms with Gasteiger partial charge in [0.1, 0.15) is 0 Å². The van der Waals surface area contributed by atoms with Gasteiger partial charge in [0.05, 0.1) is 18.7 Å². The highest BCUT2D eigenvalue weighted by Crippen LogP contribution is 2.36. The molecular weight excluding hydrogens is 358 g/mol. The summed E-state index contributed by atoms with van der Waals surface area (Å²) in [5.41, 5.74) is 0.659. The van der Waals surface area contributed by atoms with Crippen molar-refractivity contribution in [3.05, 3.63) is 28.8 Å². The molecule has 0 bridgehead atoms. The van der Waals surface area contributed by atoms with Crippen molar-refractivity contribution in [1.82, 2.24) is 5.32 Å². The summed E-state index contributed by atoms with van der Waals surface area (Å²) in [6.07, 6.45) is 7.02. The van der Waals surface area contributed by atoms with Crippen LogP contribution >= 0.6 is 11.6 Å². The van der Waals surface area contributed by atoms with Crippen molar-refractivity contribution >= 4 is 29.6 Å². The van der Waals surface area contributed by atoms with Crippen molar-refractivity contribution < 1.29 is 23.8 Å². The van der Waals surface area contributed by atoms with E-state index in [0.29, 0.717) is 28.7 Å². The molecule has 0 heterocycles. The SMILES string of the molecule is CCOc1cc(/C=C/C(=O)OCC(=O)NC2CCCC2)cc(Cl)c1OC. The third-order valence-electron chi connectivity index (χ3n) is 4.01. The van der Waals surface area contributed by atoms with Crippen LogP contribution in [0, 0.1) is 0 Å². The molecule has 26 heavy (non-hydrogen) atoms. The van der Waals surface area contributed by atoms with E-state index in [1.807, 2.05) is 6.92 Å². The molecule has 1 fully saturated rings. The van der Waals surface area contributed by atoms with Gasteiger partial charge in [0, 0.05) is 12.1 Å². The number of hydrogen-bond donors (Lipinski definition) is 1. The van der Waals surface area contributed by atoms with Gasteiger partial charge in [-0.25, -0.2) is 4.79 Å². The van der Waals surface area contributed by atoms with Crippen molar-refractivity contribution in [3.8, 4) is 11.5 Å². The molecule has 0 spiro atoms. The number of benzene rings is 1. The molecule has 0 atom stereocenters. The zero-order chi connectivity index (χ0) is 18.9. The van der Waals surface area contributed by atoms with Gasteiger partial charge in [-0.1, -0.05) is 24.4 Å². The van der Waals surface area contributed by atoms with Crippen molar-refractivity contribution in [3.63, 3.8) is 0 Å². The normalized spacial score (nSPS) is 14.4. The largest absolute Gasteiger partial charge is 0.491 e. The lowest BCUT2D eigenvalue weighted by atomic mass is 10.2. The van der Waals surface area contributed by atoms with E-state index in [-0.39, 0.29) is 18.6 Å². The fraction of sp³-hybridized carbons (Fsp3) is 0.474. The Hall–Kier alpha value is -2.21. The molecule has 1 saturated carbocycles. The number of halogens is 1. The van der Waals surface area contributed by atoms with E-state index in [1.54, 1.807) is 18.2 Å². The summed E-state index contributed by atoms with van der Waals surface area (Å²) < 4.78 is 15.7. The molecule has 1 aliphatic carbocycles. The van der Waals surface area contributed by atoms with Gasteiger partial charge in [-0.05, 0) is 43.5 Å². The fourth-order valence-corrected chi connectivity index (χ4v) is 3.13. The predicted octanol–water partition coefficient (Wildman–Crippen LogP) is 3.36. The number of nitrogens with one attached hydrogen (secondary N) is 1. The van der Waals surface area contributed by atoms with E-state index in [0.717, 1.165) is 25.7 Å². The summed E-state index contributed by atoms with van der Waals surface area (Å²) in [4.78, 5) is 23.5. The summed E-state index contributed by atoms with van der Waals surface area (Å²) in [6, 6.07) is 3.57. The lowest BCUT2D eigenvalue weighted by Gasteiger charge is -2.12. The van der Waals surface area contributed by atoms with E-state index in [2.05, 4.69) is 5.32 Å². The summed E-state index contributed by atoms with van der Waals surface area (Å²) in [5, 5.41) is 3.24. The van der Waals surface area contributed by atoms with Crippen LogP contribution in [0.25, 0.3) is 6.08 Å². The zero-order valence-electron chi connectivity index (χ0n) is 15.0. The van der Waals surface area contributed by atoms with E-state index in [4.69, 9.17) is 25.8 Å². The lowest BCUT2D eigenvalue weighted by Crippen LogP contribution is -2.35. The van der Waals surface area contributed by atoms with Crippen LogP contribution in [0.2, 0.25) is 5.02 Å². The third-order valence-corrected chi connectivity index (χ3v) is 4.29. The quantitative estimate of drug-likeness (QED) is 0.552. The van der Waals surface area contributed by atoms with Crippen LogP contribution in [0.4, 0.5) is 0 Å². The predicted molar refractivity (Wildman–Crippen MR) is 99.6 cm³/mol. The van der Waals surface area contributed by atoms with Gasteiger partial charge < -0.3 is 19.5 Å². The van der Waals surface area contributed by atoms with Gasteiger partial charge in [0.2, 0.25) is 0 Å². The minimum atomic E-state index is -0.600. The Morgan fingerprint density at radius 1 is 1.31 bits per heavy atom.